The van der Waals surface area contributed by atoms with Crippen LogP contribution in [-0.4, -0.2) is 13.1 Å². The summed E-state index contributed by atoms with van der Waals surface area (Å²) in [6, 6.07) is 0. The first kappa shape index (κ1) is 14.0. The molecule has 1 N–H and O–H groups in total. The standard InChI is InChI=1S/C15H31N/c1-12(2)10-16-11-14(4)13(3)9-15-7-5-6-8-15/h12-16H,5-11H2,1-4H3. The molecule has 1 saturated carbocycles. The molecule has 0 aromatic heterocycles. The van der Waals surface area contributed by atoms with Crippen molar-refractivity contribution >= 4 is 0 Å². The van der Waals surface area contributed by atoms with E-state index in [1.807, 2.05) is 0 Å². The van der Waals surface area contributed by atoms with Gasteiger partial charge in [0.2, 0.25) is 0 Å². The smallest absolute Gasteiger partial charge is 0.00205 e. The van der Waals surface area contributed by atoms with E-state index in [1.54, 1.807) is 0 Å². The zero-order chi connectivity index (χ0) is 12.0. The Morgan fingerprint density at radius 2 is 1.56 bits per heavy atom. The van der Waals surface area contributed by atoms with Gasteiger partial charge in [-0.05, 0) is 43.2 Å². The molecule has 96 valence electrons. The number of hydrogen-bond donors (Lipinski definition) is 1. The molecule has 1 rings (SSSR count). The first-order valence-electron chi connectivity index (χ1n) is 7.30. The van der Waals surface area contributed by atoms with E-state index in [2.05, 4.69) is 33.0 Å². The fourth-order valence-electron chi connectivity index (χ4n) is 2.81. The van der Waals surface area contributed by atoms with E-state index in [0.717, 1.165) is 23.7 Å². The van der Waals surface area contributed by atoms with Crippen molar-refractivity contribution in [1.82, 2.24) is 5.32 Å². The second kappa shape index (κ2) is 7.32. The maximum atomic E-state index is 3.59. The molecule has 1 aliphatic rings. The Morgan fingerprint density at radius 3 is 2.12 bits per heavy atom. The fraction of sp³-hybridized carbons (Fsp3) is 1.00. The zero-order valence-corrected chi connectivity index (χ0v) is 11.8. The molecule has 0 aliphatic heterocycles. The summed E-state index contributed by atoms with van der Waals surface area (Å²) in [6.45, 7) is 11.8. The van der Waals surface area contributed by atoms with Crippen molar-refractivity contribution in [3.05, 3.63) is 0 Å². The van der Waals surface area contributed by atoms with Crippen LogP contribution in [0.4, 0.5) is 0 Å². The molecule has 0 amide bonds. The average Bonchev–Trinajstić information content (AvgIpc) is 2.69. The Kier molecular flexibility index (Phi) is 6.41. The largest absolute Gasteiger partial charge is 0.316 e. The van der Waals surface area contributed by atoms with Gasteiger partial charge >= 0.3 is 0 Å². The van der Waals surface area contributed by atoms with Gasteiger partial charge in [-0.2, -0.15) is 0 Å². The van der Waals surface area contributed by atoms with Crippen LogP contribution in [0.15, 0.2) is 0 Å². The van der Waals surface area contributed by atoms with E-state index >= 15 is 0 Å². The molecule has 0 aromatic rings. The van der Waals surface area contributed by atoms with Gasteiger partial charge in [0.25, 0.3) is 0 Å². The van der Waals surface area contributed by atoms with Gasteiger partial charge < -0.3 is 5.32 Å². The summed E-state index contributed by atoms with van der Waals surface area (Å²) >= 11 is 0. The first-order valence-corrected chi connectivity index (χ1v) is 7.30. The summed E-state index contributed by atoms with van der Waals surface area (Å²) in [7, 11) is 0. The van der Waals surface area contributed by atoms with Gasteiger partial charge in [-0.3, -0.25) is 0 Å². The fourth-order valence-corrected chi connectivity index (χ4v) is 2.81. The van der Waals surface area contributed by atoms with Crippen molar-refractivity contribution in [3.63, 3.8) is 0 Å². The van der Waals surface area contributed by atoms with Crippen molar-refractivity contribution in [2.45, 2.75) is 59.8 Å². The lowest BCUT2D eigenvalue weighted by Crippen LogP contribution is -2.28. The SMILES string of the molecule is CC(C)CNCC(C)C(C)CC1CCCC1. The van der Waals surface area contributed by atoms with E-state index in [1.165, 1.54) is 45.2 Å². The van der Waals surface area contributed by atoms with E-state index < -0.39 is 0 Å². The van der Waals surface area contributed by atoms with Crippen LogP contribution in [0, 0.1) is 23.7 Å². The van der Waals surface area contributed by atoms with Crippen LogP contribution < -0.4 is 5.32 Å². The minimum atomic E-state index is 0.775. The van der Waals surface area contributed by atoms with Crippen molar-refractivity contribution in [1.29, 1.82) is 0 Å². The summed E-state index contributed by atoms with van der Waals surface area (Å²) in [5.74, 6) is 3.54. The van der Waals surface area contributed by atoms with Gasteiger partial charge in [0.15, 0.2) is 0 Å². The highest BCUT2D eigenvalue weighted by molar-refractivity contribution is 4.73. The second-order valence-electron chi connectivity index (χ2n) is 6.39. The molecule has 1 aliphatic carbocycles. The summed E-state index contributed by atoms with van der Waals surface area (Å²) in [5, 5.41) is 3.59. The molecule has 2 atom stereocenters. The second-order valence-corrected chi connectivity index (χ2v) is 6.39. The predicted octanol–water partition coefficient (Wildman–Crippen LogP) is 4.08. The predicted molar refractivity (Wildman–Crippen MR) is 72.6 cm³/mol. The summed E-state index contributed by atoms with van der Waals surface area (Å²) in [5.41, 5.74) is 0. The molecule has 0 radical (unpaired) electrons. The maximum absolute atomic E-state index is 3.59. The zero-order valence-electron chi connectivity index (χ0n) is 11.8. The molecule has 0 aromatic carbocycles. The third kappa shape index (κ3) is 5.34. The van der Waals surface area contributed by atoms with Gasteiger partial charge in [0.05, 0.1) is 0 Å². The highest BCUT2D eigenvalue weighted by Crippen LogP contribution is 2.32. The van der Waals surface area contributed by atoms with Crippen LogP contribution >= 0.6 is 0 Å². The van der Waals surface area contributed by atoms with Gasteiger partial charge in [-0.15, -0.1) is 0 Å². The Balaban J connectivity index is 2.11. The van der Waals surface area contributed by atoms with Crippen LogP contribution in [0.3, 0.4) is 0 Å². The highest BCUT2D eigenvalue weighted by atomic mass is 14.9. The van der Waals surface area contributed by atoms with Crippen molar-refractivity contribution in [2.24, 2.45) is 23.7 Å². The molecule has 0 heterocycles. The molecule has 0 bridgehead atoms. The molecule has 2 unspecified atom stereocenters. The van der Waals surface area contributed by atoms with Gasteiger partial charge in [0.1, 0.15) is 0 Å². The van der Waals surface area contributed by atoms with Gasteiger partial charge in [0, 0.05) is 0 Å². The number of nitrogens with one attached hydrogen (secondary N) is 1. The van der Waals surface area contributed by atoms with Crippen LogP contribution in [0.2, 0.25) is 0 Å². The topological polar surface area (TPSA) is 12.0 Å². The molecule has 0 spiro atoms. The van der Waals surface area contributed by atoms with E-state index in [9.17, 15) is 0 Å². The minimum Gasteiger partial charge on any atom is -0.316 e. The van der Waals surface area contributed by atoms with Crippen molar-refractivity contribution in [3.8, 4) is 0 Å². The molecule has 1 fully saturated rings. The number of rotatable bonds is 7. The summed E-state index contributed by atoms with van der Waals surface area (Å²) in [6.07, 6.45) is 7.42. The third-order valence-electron chi connectivity index (χ3n) is 4.17. The van der Waals surface area contributed by atoms with Crippen LogP contribution in [0.5, 0.6) is 0 Å². The molecule has 1 nitrogen and oxygen atoms in total. The lowest BCUT2D eigenvalue weighted by Gasteiger charge is -2.23. The average molecular weight is 225 g/mol. The van der Waals surface area contributed by atoms with E-state index in [0.29, 0.717) is 0 Å². The molecular formula is C15H31N. The monoisotopic (exact) mass is 225 g/mol. The van der Waals surface area contributed by atoms with Crippen molar-refractivity contribution < 1.29 is 0 Å². The van der Waals surface area contributed by atoms with Crippen LogP contribution in [0.1, 0.15) is 59.8 Å². The minimum absolute atomic E-state index is 0.775. The van der Waals surface area contributed by atoms with Crippen molar-refractivity contribution in [2.75, 3.05) is 13.1 Å². The van der Waals surface area contributed by atoms with Gasteiger partial charge in [-0.1, -0.05) is 53.4 Å². The Labute approximate surface area is 102 Å². The van der Waals surface area contributed by atoms with Crippen LogP contribution in [-0.2, 0) is 0 Å². The third-order valence-corrected chi connectivity index (χ3v) is 4.17. The summed E-state index contributed by atoms with van der Waals surface area (Å²) < 4.78 is 0. The summed E-state index contributed by atoms with van der Waals surface area (Å²) in [4.78, 5) is 0. The van der Waals surface area contributed by atoms with E-state index in [4.69, 9.17) is 0 Å². The Morgan fingerprint density at radius 1 is 0.938 bits per heavy atom. The lowest BCUT2D eigenvalue weighted by atomic mass is 9.86. The quantitative estimate of drug-likeness (QED) is 0.688. The first-order chi connectivity index (χ1) is 7.59. The molecule has 1 heteroatoms. The van der Waals surface area contributed by atoms with E-state index in [-0.39, 0.29) is 0 Å². The Hall–Kier alpha value is -0.0400. The number of hydrogen-bond acceptors (Lipinski definition) is 1. The maximum Gasteiger partial charge on any atom is -0.00205 e. The van der Waals surface area contributed by atoms with Gasteiger partial charge in [-0.25, -0.2) is 0 Å². The molecular weight excluding hydrogens is 194 g/mol. The van der Waals surface area contributed by atoms with Crippen LogP contribution in [0.25, 0.3) is 0 Å². The lowest BCUT2D eigenvalue weighted by molar-refractivity contribution is 0.293. The Bertz CT molecular complexity index is 170. The normalized spacial score (nSPS) is 21.6. The molecule has 0 saturated heterocycles. The molecule has 16 heavy (non-hydrogen) atoms. The highest BCUT2D eigenvalue weighted by Gasteiger charge is 2.20.